The second-order valence-corrected chi connectivity index (χ2v) is 5.04. The van der Waals surface area contributed by atoms with Crippen molar-refractivity contribution in [1.29, 1.82) is 0 Å². The number of nitrogens with one attached hydrogen (secondary N) is 1. The molecule has 8 nitrogen and oxygen atoms in total. The van der Waals surface area contributed by atoms with Crippen LogP contribution in [0.15, 0.2) is 0 Å². The average Bonchev–Trinajstić information content (AvgIpc) is 2.43. The van der Waals surface area contributed by atoms with Crippen LogP contribution < -0.4 is 5.32 Å². The quantitative estimate of drug-likeness (QED) is 0.610. The molecule has 0 aromatic rings. The average molecular weight is 287 g/mol. The van der Waals surface area contributed by atoms with Crippen molar-refractivity contribution < 1.29 is 24.6 Å². The zero-order valence-corrected chi connectivity index (χ0v) is 11.7. The summed E-state index contributed by atoms with van der Waals surface area (Å²) in [7, 11) is 3.27. The van der Waals surface area contributed by atoms with Crippen molar-refractivity contribution in [2.24, 2.45) is 5.92 Å². The molecule has 2 atom stereocenters. The zero-order chi connectivity index (χ0) is 15.3. The van der Waals surface area contributed by atoms with Gasteiger partial charge in [0.05, 0.1) is 12.5 Å². The minimum Gasteiger partial charge on any atom is -0.480 e. The molecular formula is C12H21N3O5. The van der Waals surface area contributed by atoms with Crippen LogP contribution in [0.5, 0.6) is 0 Å². The van der Waals surface area contributed by atoms with E-state index >= 15 is 0 Å². The number of aliphatic carboxylic acids is 1. The van der Waals surface area contributed by atoms with Crippen molar-refractivity contribution in [2.75, 3.05) is 33.8 Å². The van der Waals surface area contributed by atoms with Gasteiger partial charge in [0.2, 0.25) is 5.91 Å². The van der Waals surface area contributed by atoms with E-state index in [9.17, 15) is 14.4 Å². The molecule has 1 unspecified atom stereocenters. The summed E-state index contributed by atoms with van der Waals surface area (Å²) in [5.74, 6) is -2.17. The fourth-order valence-corrected chi connectivity index (χ4v) is 2.12. The molecule has 0 bridgehead atoms. The summed E-state index contributed by atoms with van der Waals surface area (Å²) >= 11 is 0. The van der Waals surface area contributed by atoms with E-state index < -0.39 is 30.4 Å². The summed E-state index contributed by atoms with van der Waals surface area (Å²) < 4.78 is 0. The first kappa shape index (κ1) is 16.2. The van der Waals surface area contributed by atoms with Gasteiger partial charge in [0.25, 0.3) is 0 Å². The first-order chi connectivity index (χ1) is 9.36. The molecule has 3 amide bonds. The number of carbonyl (C=O) groups is 3. The lowest BCUT2D eigenvalue weighted by Gasteiger charge is -2.34. The molecule has 0 aromatic heterocycles. The Hall–Kier alpha value is -1.83. The number of carboxylic acids is 1. The van der Waals surface area contributed by atoms with Gasteiger partial charge in [-0.25, -0.2) is 9.59 Å². The van der Waals surface area contributed by atoms with E-state index in [4.69, 9.17) is 10.2 Å². The van der Waals surface area contributed by atoms with E-state index in [1.807, 2.05) is 0 Å². The number of amides is 3. The van der Waals surface area contributed by atoms with E-state index in [0.717, 1.165) is 0 Å². The molecule has 1 saturated heterocycles. The largest absolute Gasteiger partial charge is 0.480 e. The highest BCUT2D eigenvalue weighted by Crippen LogP contribution is 2.17. The van der Waals surface area contributed by atoms with Crippen LogP contribution in [0.2, 0.25) is 0 Å². The van der Waals surface area contributed by atoms with Crippen LogP contribution in [0.1, 0.15) is 12.8 Å². The predicted octanol–water partition coefficient (Wildman–Crippen LogP) is -1.06. The van der Waals surface area contributed by atoms with Crippen LogP contribution in [-0.4, -0.2) is 77.8 Å². The molecule has 20 heavy (non-hydrogen) atoms. The van der Waals surface area contributed by atoms with Gasteiger partial charge in [-0.05, 0) is 12.8 Å². The molecule has 1 aliphatic heterocycles. The molecule has 3 N–H and O–H groups in total. The number of piperidine rings is 1. The molecule has 8 heteroatoms. The van der Waals surface area contributed by atoms with Crippen molar-refractivity contribution in [3.8, 4) is 0 Å². The van der Waals surface area contributed by atoms with E-state index in [2.05, 4.69) is 5.32 Å². The first-order valence-corrected chi connectivity index (χ1v) is 6.47. The Labute approximate surface area is 117 Å². The zero-order valence-electron chi connectivity index (χ0n) is 11.7. The number of hydrogen-bond donors (Lipinski definition) is 3. The minimum atomic E-state index is -1.30. The Morgan fingerprint density at radius 3 is 2.55 bits per heavy atom. The second-order valence-electron chi connectivity index (χ2n) is 5.04. The summed E-state index contributed by atoms with van der Waals surface area (Å²) in [6, 6.07) is -1.47. The van der Waals surface area contributed by atoms with Crippen molar-refractivity contribution in [2.45, 2.75) is 18.9 Å². The van der Waals surface area contributed by atoms with Crippen molar-refractivity contribution in [1.82, 2.24) is 15.1 Å². The summed E-state index contributed by atoms with van der Waals surface area (Å²) in [5.41, 5.74) is 0. The molecule has 0 radical (unpaired) electrons. The number of aliphatic hydroxyl groups excluding tert-OH is 1. The highest BCUT2D eigenvalue weighted by atomic mass is 16.4. The Morgan fingerprint density at radius 1 is 1.40 bits per heavy atom. The first-order valence-electron chi connectivity index (χ1n) is 6.47. The van der Waals surface area contributed by atoms with Gasteiger partial charge >= 0.3 is 12.0 Å². The number of aliphatic hydroxyl groups is 1. The van der Waals surface area contributed by atoms with E-state index in [1.54, 1.807) is 19.0 Å². The highest BCUT2D eigenvalue weighted by molar-refractivity contribution is 5.85. The summed E-state index contributed by atoms with van der Waals surface area (Å²) in [4.78, 5) is 37.6. The van der Waals surface area contributed by atoms with E-state index in [-0.39, 0.29) is 12.6 Å². The lowest BCUT2D eigenvalue weighted by atomic mass is 9.97. The predicted molar refractivity (Wildman–Crippen MR) is 70.0 cm³/mol. The molecule has 1 heterocycles. The number of nitrogens with zero attached hydrogens (tertiary/aromatic N) is 2. The van der Waals surface area contributed by atoms with Gasteiger partial charge in [0.1, 0.15) is 6.04 Å². The number of likely N-dealkylation sites (tertiary alicyclic amines) is 1. The fourth-order valence-electron chi connectivity index (χ4n) is 2.12. The lowest BCUT2D eigenvalue weighted by molar-refractivity contribution is -0.143. The van der Waals surface area contributed by atoms with Crippen LogP contribution in [0.25, 0.3) is 0 Å². The van der Waals surface area contributed by atoms with Gasteiger partial charge in [-0.15, -0.1) is 0 Å². The Morgan fingerprint density at radius 2 is 2.05 bits per heavy atom. The van der Waals surface area contributed by atoms with Crippen LogP contribution in [0, 0.1) is 5.92 Å². The number of carboxylic acid groups (broad SMARTS) is 1. The van der Waals surface area contributed by atoms with Crippen LogP contribution >= 0.6 is 0 Å². The Balaban J connectivity index is 2.60. The molecule has 0 spiro atoms. The van der Waals surface area contributed by atoms with Gasteiger partial charge in [-0.3, -0.25) is 4.79 Å². The van der Waals surface area contributed by atoms with Gasteiger partial charge in [0.15, 0.2) is 0 Å². The van der Waals surface area contributed by atoms with Crippen molar-refractivity contribution >= 4 is 17.9 Å². The third-order valence-electron chi connectivity index (χ3n) is 3.24. The topological polar surface area (TPSA) is 110 Å². The van der Waals surface area contributed by atoms with Crippen LogP contribution in [0.3, 0.4) is 0 Å². The Bertz CT molecular complexity index is 385. The SMILES string of the molecule is CN(C)C(=O)N1CCCC(C(=O)N[C@H](CO)C(=O)O)C1. The van der Waals surface area contributed by atoms with Gasteiger partial charge in [-0.1, -0.05) is 0 Å². The molecule has 0 aliphatic carbocycles. The fraction of sp³-hybridized carbons (Fsp3) is 0.750. The van der Waals surface area contributed by atoms with E-state index in [1.165, 1.54) is 4.90 Å². The summed E-state index contributed by atoms with van der Waals surface area (Å²) in [5, 5.41) is 20.0. The minimum absolute atomic E-state index is 0.167. The number of hydrogen-bond acceptors (Lipinski definition) is 4. The molecule has 0 saturated carbocycles. The maximum atomic E-state index is 12.0. The van der Waals surface area contributed by atoms with Crippen molar-refractivity contribution in [3.63, 3.8) is 0 Å². The summed E-state index contributed by atoms with van der Waals surface area (Å²) in [6.07, 6.45) is 1.29. The molecule has 0 aromatic carbocycles. The standard InChI is InChI=1S/C12H21N3O5/c1-14(2)12(20)15-5-3-4-8(6-15)10(17)13-9(7-16)11(18)19/h8-9,16H,3-7H2,1-2H3,(H,13,17)(H,18,19)/t8?,9-/m1/s1. The molecule has 1 fully saturated rings. The number of carbonyl (C=O) groups excluding carboxylic acids is 2. The third kappa shape index (κ3) is 4.09. The number of rotatable bonds is 4. The molecule has 114 valence electrons. The van der Waals surface area contributed by atoms with Gasteiger partial charge in [-0.2, -0.15) is 0 Å². The van der Waals surface area contributed by atoms with Crippen molar-refractivity contribution in [3.05, 3.63) is 0 Å². The monoisotopic (exact) mass is 287 g/mol. The summed E-state index contributed by atoms with van der Waals surface area (Å²) in [6.45, 7) is 0.192. The molecule has 1 aliphatic rings. The normalized spacial score (nSPS) is 20.1. The highest BCUT2D eigenvalue weighted by Gasteiger charge is 2.31. The molecule has 1 rings (SSSR count). The maximum absolute atomic E-state index is 12.0. The lowest BCUT2D eigenvalue weighted by Crippen LogP contribution is -2.51. The smallest absolute Gasteiger partial charge is 0.328 e. The Kier molecular flexibility index (Phi) is 5.75. The molecular weight excluding hydrogens is 266 g/mol. The third-order valence-corrected chi connectivity index (χ3v) is 3.24. The van der Waals surface area contributed by atoms with Crippen LogP contribution in [-0.2, 0) is 9.59 Å². The van der Waals surface area contributed by atoms with E-state index in [0.29, 0.717) is 19.4 Å². The van der Waals surface area contributed by atoms with Crippen LogP contribution in [0.4, 0.5) is 4.79 Å². The maximum Gasteiger partial charge on any atom is 0.328 e. The number of urea groups is 1. The van der Waals surface area contributed by atoms with Gasteiger partial charge < -0.3 is 25.3 Å². The second kappa shape index (κ2) is 7.09. The van der Waals surface area contributed by atoms with Gasteiger partial charge in [0, 0.05) is 27.2 Å².